The number of sulfonamides is 1. The first kappa shape index (κ1) is 22.2. The van der Waals surface area contributed by atoms with Crippen LogP contribution in [0.25, 0.3) is 0 Å². The summed E-state index contributed by atoms with van der Waals surface area (Å²) in [5.41, 5.74) is 0.519. The molecule has 0 aromatic heterocycles. The van der Waals surface area contributed by atoms with Crippen molar-refractivity contribution in [2.45, 2.75) is 31.7 Å². The third kappa shape index (κ3) is 5.17. The zero-order valence-electron chi connectivity index (χ0n) is 17.5. The molecule has 1 amide bonds. The van der Waals surface area contributed by atoms with E-state index in [2.05, 4.69) is 4.90 Å². The van der Waals surface area contributed by atoms with Crippen molar-refractivity contribution in [2.75, 3.05) is 58.7 Å². The Kier molecular flexibility index (Phi) is 7.32. The predicted molar refractivity (Wildman–Crippen MR) is 113 cm³/mol. The fraction of sp³-hybridized carbons (Fsp3) is 0.667. The summed E-state index contributed by atoms with van der Waals surface area (Å²) in [6, 6.07) is 9.34. The van der Waals surface area contributed by atoms with E-state index < -0.39 is 10.0 Å². The first-order valence-corrected chi connectivity index (χ1v) is 12.1. The molecule has 2 heterocycles. The van der Waals surface area contributed by atoms with Crippen LogP contribution in [0.5, 0.6) is 0 Å². The van der Waals surface area contributed by atoms with Crippen molar-refractivity contribution in [3.05, 3.63) is 35.9 Å². The van der Waals surface area contributed by atoms with Crippen LogP contribution in [0.4, 0.5) is 0 Å². The SMILES string of the molecule is CCCS(=O)(=O)N1CCN(C2(CN(C)C(=O)c3ccccc3)CCOCC2)CC1. The molecule has 2 aliphatic rings. The largest absolute Gasteiger partial charge is 0.381 e. The van der Waals surface area contributed by atoms with Crippen LogP contribution >= 0.6 is 0 Å². The molecule has 2 aliphatic heterocycles. The van der Waals surface area contributed by atoms with E-state index in [4.69, 9.17) is 4.74 Å². The number of piperazine rings is 1. The van der Waals surface area contributed by atoms with Gasteiger partial charge in [0.25, 0.3) is 5.91 Å². The minimum absolute atomic E-state index is 0.0145. The predicted octanol–water partition coefficient (Wildman–Crippen LogP) is 1.67. The molecule has 3 rings (SSSR count). The van der Waals surface area contributed by atoms with Crippen LogP contribution < -0.4 is 0 Å². The van der Waals surface area contributed by atoms with Crippen LogP contribution in [0.15, 0.2) is 30.3 Å². The zero-order valence-corrected chi connectivity index (χ0v) is 18.4. The number of carbonyl (C=O) groups excluding carboxylic acids is 1. The molecular formula is C21H33N3O4S. The number of amides is 1. The number of likely N-dealkylation sites (N-methyl/N-ethyl adjacent to an activating group) is 1. The molecular weight excluding hydrogens is 390 g/mol. The van der Waals surface area contributed by atoms with Crippen molar-refractivity contribution in [1.82, 2.24) is 14.1 Å². The fourth-order valence-corrected chi connectivity index (χ4v) is 5.96. The highest BCUT2D eigenvalue weighted by Crippen LogP contribution is 2.31. The first-order valence-electron chi connectivity index (χ1n) is 10.5. The van der Waals surface area contributed by atoms with E-state index >= 15 is 0 Å². The van der Waals surface area contributed by atoms with Gasteiger partial charge in [0.1, 0.15) is 0 Å². The maximum absolute atomic E-state index is 12.9. The van der Waals surface area contributed by atoms with Gasteiger partial charge in [0, 0.05) is 64.1 Å². The van der Waals surface area contributed by atoms with E-state index in [-0.39, 0.29) is 17.2 Å². The Hall–Kier alpha value is -1.48. The molecule has 0 saturated carbocycles. The Morgan fingerprint density at radius 1 is 1.10 bits per heavy atom. The van der Waals surface area contributed by atoms with Crippen LogP contribution in [-0.2, 0) is 14.8 Å². The van der Waals surface area contributed by atoms with Crippen LogP contribution in [0.2, 0.25) is 0 Å². The highest BCUT2D eigenvalue weighted by molar-refractivity contribution is 7.89. The molecule has 0 atom stereocenters. The van der Waals surface area contributed by atoms with E-state index in [1.54, 1.807) is 9.21 Å². The lowest BCUT2D eigenvalue weighted by molar-refractivity contribution is -0.0503. The maximum Gasteiger partial charge on any atom is 0.253 e. The maximum atomic E-state index is 12.9. The molecule has 162 valence electrons. The number of carbonyl (C=O) groups is 1. The standard InChI is InChI=1S/C21H33N3O4S/c1-3-17-29(26,27)24-13-11-23(12-14-24)21(9-15-28-16-10-21)18-22(2)20(25)19-7-5-4-6-8-19/h4-8H,3,9-18H2,1-2H3. The third-order valence-corrected chi connectivity index (χ3v) is 8.16. The number of benzene rings is 1. The van der Waals surface area contributed by atoms with Gasteiger partial charge < -0.3 is 9.64 Å². The molecule has 2 saturated heterocycles. The summed E-state index contributed by atoms with van der Waals surface area (Å²) in [5, 5.41) is 0. The number of ether oxygens (including phenoxy) is 1. The zero-order chi connectivity index (χ0) is 20.9. The van der Waals surface area contributed by atoms with Crippen molar-refractivity contribution in [3.8, 4) is 0 Å². The lowest BCUT2D eigenvalue weighted by Crippen LogP contribution is -2.63. The Labute approximate surface area is 174 Å². The molecule has 7 nitrogen and oxygen atoms in total. The van der Waals surface area contributed by atoms with Gasteiger partial charge in [0.15, 0.2) is 0 Å². The van der Waals surface area contributed by atoms with E-state index in [0.29, 0.717) is 57.9 Å². The number of rotatable bonds is 7. The quantitative estimate of drug-likeness (QED) is 0.667. The molecule has 8 heteroatoms. The second-order valence-electron chi connectivity index (χ2n) is 8.07. The highest BCUT2D eigenvalue weighted by Gasteiger charge is 2.42. The number of nitrogens with zero attached hydrogens (tertiary/aromatic N) is 3. The number of hydrogen-bond acceptors (Lipinski definition) is 5. The molecule has 29 heavy (non-hydrogen) atoms. The van der Waals surface area contributed by atoms with E-state index in [1.165, 1.54) is 0 Å². The third-order valence-electron chi connectivity index (χ3n) is 6.09. The van der Waals surface area contributed by atoms with Crippen molar-refractivity contribution >= 4 is 15.9 Å². The Morgan fingerprint density at radius 3 is 2.31 bits per heavy atom. The van der Waals surface area contributed by atoms with Gasteiger partial charge in [-0.2, -0.15) is 4.31 Å². The van der Waals surface area contributed by atoms with E-state index in [0.717, 1.165) is 12.8 Å². The van der Waals surface area contributed by atoms with E-state index in [9.17, 15) is 13.2 Å². The molecule has 0 unspecified atom stereocenters. The van der Waals surface area contributed by atoms with Crippen LogP contribution in [0.3, 0.4) is 0 Å². The molecule has 0 spiro atoms. The molecule has 1 aromatic rings. The fourth-order valence-electron chi connectivity index (χ4n) is 4.47. The summed E-state index contributed by atoms with van der Waals surface area (Å²) >= 11 is 0. The van der Waals surface area contributed by atoms with Gasteiger partial charge >= 0.3 is 0 Å². The van der Waals surface area contributed by atoms with E-state index in [1.807, 2.05) is 44.3 Å². The second-order valence-corrected chi connectivity index (χ2v) is 10.2. The van der Waals surface area contributed by atoms with Crippen LogP contribution in [0.1, 0.15) is 36.5 Å². The summed E-state index contributed by atoms with van der Waals surface area (Å²) in [4.78, 5) is 17.1. The summed E-state index contributed by atoms with van der Waals surface area (Å²) in [7, 11) is -1.31. The Balaban J connectivity index is 1.70. The van der Waals surface area contributed by atoms with Crippen LogP contribution in [-0.4, -0.2) is 92.7 Å². The Bertz CT molecular complexity index is 770. The number of hydrogen-bond donors (Lipinski definition) is 0. The molecule has 0 bridgehead atoms. The minimum atomic E-state index is -3.16. The summed E-state index contributed by atoms with van der Waals surface area (Å²) in [6.07, 6.45) is 2.33. The second kappa shape index (κ2) is 9.55. The van der Waals surface area contributed by atoms with Gasteiger partial charge in [0.05, 0.1) is 5.75 Å². The average molecular weight is 424 g/mol. The van der Waals surface area contributed by atoms with Crippen molar-refractivity contribution in [2.24, 2.45) is 0 Å². The summed E-state index contributed by atoms with van der Waals surface area (Å²) < 4.78 is 32.1. The topological polar surface area (TPSA) is 70.2 Å². The van der Waals surface area contributed by atoms with Gasteiger partial charge in [-0.25, -0.2) is 8.42 Å². The summed E-state index contributed by atoms with van der Waals surface area (Å²) in [5.74, 6) is 0.223. The molecule has 0 radical (unpaired) electrons. The molecule has 0 aliphatic carbocycles. The molecule has 1 aromatic carbocycles. The first-order chi connectivity index (χ1) is 13.9. The van der Waals surface area contributed by atoms with Gasteiger partial charge in [-0.15, -0.1) is 0 Å². The lowest BCUT2D eigenvalue weighted by atomic mass is 9.86. The smallest absolute Gasteiger partial charge is 0.253 e. The van der Waals surface area contributed by atoms with Gasteiger partial charge in [0.2, 0.25) is 10.0 Å². The monoisotopic (exact) mass is 423 g/mol. The minimum Gasteiger partial charge on any atom is -0.381 e. The lowest BCUT2D eigenvalue weighted by Gasteiger charge is -2.50. The highest BCUT2D eigenvalue weighted by atomic mass is 32.2. The summed E-state index contributed by atoms with van der Waals surface area (Å²) in [6.45, 7) is 6.26. The Morgan fingerprint density at radius 2 is 1.72 bits per heavy atom. The van der Waals surface area contributed by atoms with Crippen LogP contribution in [0, 0.1) is 0 Å². The van der Waals surface area contributed by atoms with Crippen molar-refractivity contribution in [1.29, 1.82) is 0 Å². The average Bonchev–Trinajstić information content (AvgIpc) is 2.74. The molecule has 0 N–H and O–H groups in total. The van der Waals surface area contributed by atoms with Gasteiger partial charge in [-0.1, -0.05) is 25.1 Å². The van der Waals surface area contributed by atoms with Gasteiger partial charge in [-0.3, -0.25) is 9.69 Å². The van der Waals surface area contributed by atoms with Crippen molar-refractivity contribution in [3.63, 3.8) is 0 Å². The van der Waals surface area contributed by atoms with Crippen molar-refractivity contribution < 1.29 is 17.9 Å². The normalized spacial score (nSPS) is 21.0. The van der Waals surface area contributed by atoms with Gasteiger partial charge in [-0.05, 0) is 31.4 Å². The molecule has 2 fully saturated rings.